The van der Waals surface area contributed by atoms with E-state index in [4.69, 9.17) is 4.74 Å². The average Bonchev–Trinajstić information content (AvgIpc) is 4.23. The van der Waals surface area contributed by atoms with Gasteiger partial charge >= 0.3 is 14.8 Å². The number of ketones is 2. The van der Waals surface area contributed by atoms with Gasteiger partial charge < -0.3 is 19.0 Å². The highest BCUT2D eigenvalue weighted by molar-refractivity contribution is 7.13. The lowest BCUT2D eigenvalue weighted by Crippen LogP contribution is -2.23. The van der Waals surface area contributed by atoms with Crippen LogP contribution in [0.1, 0.15) is 105 Å². The highest BCUT2D eigenvalue weighted by atomic mass is 32.1. The standard InChI is InChI=1S/C24H21BF2N2O2S.C17H21BF2N2O.C13H19N3O2/c1-16(2)23(30)15-31-20-9-5-17(6-10-20)21-11-7-18(28-21)14-19-8-12-22(29(19)25(26)27)24-4-3-13-32-24;1-11(2)17(23)8-7-14-5-6-15(21-14)10-16-12(3)9-13(4)22(16)18(19)20;1-7(2)14-6-11-9(4)13(18)16-12(17)8(3)10(5)15(11)16/h3-14,16H,15H2,1-2H3;5-6,9-11H,7-8H2,1-4H3;7,14H,6H2,1-5H3/b18-14-;15-10-;. The summed E-state index contributed by atoms with van der Waals surface area (Å²) in [6.45, 7) is 21.0. The van der Waals surface area contributed by atoms with Crippen LogP contribution in [-0.2, 0) is 16.1 Å². The molecule has 0 spiro atoms. The molecule has 0 saturated carbocycles. The van der Waals surface area contributed by atoms with Crippen molar-refractivity contribution in [3.05, 3.63) is 167 Å². The van der Waals surface area contributed by atoms with E-state index in [1.54, 1.807) is 79.9 Å². The van der Waals surface area contributed by atoms with Crippen molar-refractivity contribution >= 4 is 61.3 Å². The number of aromatic nitrogens is 4. The first-order chi connectivity index (χ1) is 34.6. The van der Waals surface area contributed by atoms with Gasteiger partial charge in [-0.05, 0) is 137 Å². The Morgan fingerprint density at radius 1 is 0.753 bits per heavy atom. The van der Waals surface area contributed by atoms with Gasteiger partial charge in [-0.3, -0.25) is 41.4 Å². The number of thiophene rings is 1. The third-order valence-electron chi connectivity index (χ3n) is 12.4. The minimum atomic E-state index is -2.65. The highest BCUT2D eigenvalue weighted by Crippen LogP contribution is 2.30. The number of allylic oxidation sites excluding steroid dienone is 4. The van der Waals surface area contributed by atoms with E-state index in [0.717, 1.165) is 47.8 Å². The van der Waals surface area contributed by atoms with E-state index < -0.39 is 14.8 Å². The van der Waals surface area contributed by atoms with Gasteiger partial charge in [-0.2, -0.15) is 4.52 Å². The lowest BCUT2D eigenvalue weighted by molar-refractivity contribution is -0.124. The van der Waals surface area contributed by atoms with Crippen LogP contribution in [0.4, 0.5) is 17.3 Å². The maximum absolute atomic E-state index is 13.8. The van der Waals surface area contributed by atoms with Gasteiger partial charge in [0.05, 0.1) is 28.5 Å². The van der Waals surface area contributed by atoms with Gasteiger partial charge in [0.2, 0.25) is 0 Å². The topological polar surface area (TPSA) is 133 Å². The van der Waals surface area contributed by atoms with Crippen LogP contribution in [-0.4, -0.2) is 68.4 Å². The molecule has 2 aliphatic heterocycles. The van der Waals surface area contributed by atoms with Crippen LogP contribution < -0.4 is 21.2 Å². The maximum atomic E-state index is 13.8. The molecule has 5 aromatic heterocycles. The molecule has 0 amide bonds. The number of carbonyl (C=O) groups excluding carboxylic acids is 2. The number of ether oxygens (including phenoxy) is 1. The molecule has 6 aromatic rings. The second-order valence-corrected chi connectivity index (χ2v) is 19.7. The number of Topliss-reactive ketones (excluding diaryl/α,β-unsaturated/α-hetero) is 2. The van der Waals surface area contributed by atoms with Crippen LogP contribution >= 0.6 is 11.3 Å². The van der Waals surface area contributed by atoms with Gasteiger partial charge in [-0.1, -0.05) is 47.6 Å². The van der Waals surface area contributed by atoms with Crippen molar-refractivity contribution in [2.24, 2.45) is 21.8 Å². The summed E-state index contributed by atoms with van der Waals surface area (Å²) in [6.07, 6.45) is 11.7. The van der Waals surface area contributed by atoms with Crippen LogP contribution in [0.3, 0.4) is 0 Å². The molecule has 0 unspecified atom stereocenters. The Kier molecular flexibility index (Phi) is 18.4. The number of hydrogen-bond donors (Lipinski definition) is 1. The van der Waals surface area contributed by atoms with Gasteiger partial charge in [0.25, 0.3) is 11.1 Å². The second-order valence-electron chi connectivity index (χ2n) is 18.8. The largest absolute Gasteiger partial charge is 0.678 e. The molecule has 8 rings (SSSR count). The van der Waals surface area contributed by atoms with Crippen molar-refractivity contribution in [3.63, 3.8) is 0 Å². The van der Waals surface area contributed by atoms with E-state index in [9.17, 15) is 36.4 Å². The number of hydrogen-bond acceptors (Lipinski definition) is 9. The molecule has 382 valence electrons. The predicted molar refractivity (Wildman–Crippen MR) is 288 cm³/mol. The van der Waals surface area contributed by atoms with Crippen molar-refractivity contribution in [2.75, 3.05) is 6.61 Å². The summed E-state index contributed by atoms with van der Waals surface area (Å²) in [4.78, 5) is 57.2. The number of nitrogens with zero attached hydrogens (tertiary/aromatic N) is 6. The third-order valence-corrected chi connectivity index (χ3v) is 13.3. The smallest absolute Gasteiger partial charge is 0.486 e. The molecule has 0 fully saturated rings. The quantitative estimate of drug-likeness (QED) is 0.0715. The molecule has 0 saturated heterocycles. The zero-order chi connectivity index (χ0) is 53.4. The van der Waals surface area contributed by atoms with Crippen LogP contribution in [0.5, 0.6) is 5.75 Å². The highest BCUT2D eigenvalue weighted by Gasteiger charge is 2.26. The Morgan fingerprint density at radius 2 is 1.40 bits per heavy atom. The minimum Gasteiger partial charge on any atom is -0.486 e. The van der Waals surface area contributed by atoms with Gasteiger partial charge in [0, 0.05) is 80.9 Å². The zero-order valence-electron chi connectivity index (χ0n) is 43.1. The number of fused-ring (bicyclic) bond motifs is 1. The summed E-state index contributed by atoms with van der Waals surface area (Å²) < 4.78 is 64.4. The molecule has 73 heavy (non-hydrogen) atoms. The molecule has 0 bridgehead atoms. The molecule has 2 aliphatic rings. The molecule has 12 nitrogen and oxygen atoms in total. The number of aryl methyl sites for hydroxylation is 3. The lowest BCUT2D eigenvalue weighted by atomic mass is 10.0. The first-order valence-electron chi connectivity index (χ1n) is 24.1. The molecule has 1 aromatic carbocycles. The Hall–Kier alpha value is -6.85. The van der Waals surface area contributed by atoms with E-state index >= 15 is 0 Å². The molecular weight excluding hydrogens is 956 g/mol. The van der Waals surface area contributed by atoms with Crippen LogP contribution in [0.25, 0.3) is 22.7 Å². The number of nitrogens with one attached hydrogen (secondary N) is 1. The fraction of sp³-hybridized carbons (Fsp3) is 0.333. The van der Waals surface area contributed by atoms with Gasteiger partial charge in [-0.15, -0.1) is 11.3 Å². The summed E-state index contributed by atoms with van der Waals surface area (Å²) in [5, 5.41) is 5.16. The van der Waals surface area contributed by atoms with Crippen LogP contribution in [0.15, 0.2) is 115 Å². The Labute approximate surface area is 428 Å². The third kappa shape index (κ3) is 13.2. The average molecular weight is 1020 g/mol. The summed E-state index contributed by atoms with van der Waals surface area (Å²) in [5.74, 6) is 0.817. The molecular formula is C54H61B2F4N7O5S. The summed E-state index contributed by atoms with van der Waals surface area (Å²) in [7, 11) is -5.23. The molecule has 19 heteroatoms. The van der Waals surface area contributed by atoms with Crippen molar-refractivity contribution in [3.8, 4) is 16.3 Å². The SMILES string of the molecule is CC(C)C(=O)COc1ccc(C2=N/C(=C\c3ccc(-c4cccs4)n3B(F)F)C=C2)cc1.Cc1c(C)n2c(CNC(C)C)c(C)c(=O)n2c1=O.Cc1cc(C)n(B(F)F)c1/C=C1/C=CC(CCC(=O)C(C)C)=N1. The van der Waals surface area contributed by atoms with Crippen molar-refractivity contribution in [1.82, 2.24) is 23.3 Å². The minimum absolute atomic E-state index is 0.0240. The summed E-state index contributed by atoms with van der Waals surface area (Å²) in [5.41, 5.74) is 8.89. The van der Waals surface area contributed by atoms with Crippen molar-refractivity contribution in [1.29, 1.82) is 0 Å². The molecule has 0 aliphatic carbocycles. The van der Waals surface area contributed by atoms with Crippen LogP contribution in [0.2, 0.25) is 0 Å². The Morgan fingerprint density at radius 3 is 2.01 bits per heavy atom. The second kappa shape index (κ2) is 24.2. The van der Waals surface area contributed by atoms with E-state index in [-0.39, 0.29) is 41.1 Å². The van der Waals surface area contributed by atoms with Crippen molar-refractivity contribution < 1.29 is 31.6 Å². The molecule has 1 N–H and O–H groups in total. The van der Waals surface area contributed by atoms with Gasteiger partial charge in [0.1, 0.15) is 18.1 Å². The maximum Gasteiger partial charge on any atom is 0.678 e. The predicted octanol–water partition coefficient (Wildman–Crippen LogP) is 10.8. The van der Waals surface area contributed by atoms with E-state index in [0.29, 0.717) is 76.5 Å². The normalized spacial score (nSPS) is 14.1. The monoisotopic (exact) mass is 1020 g/mol. The molecule has 0 atom stereocenters. The van der Waals surface area contributed by atoms with E-state index in [2.05, 4.69) is 15.3 Å². The fourth-order valence-corrected chi connectivity index (χ4v) is 8.76. The Bertz CT molecular complexity index is 3260. The van der Waals surface area contributed by atoms with Crippen molar-refractivity contribution in [2.45, 2.75) is 102 Å². The first-order valence-corrected chi connectivity index (χ1v) is 25.0. The lowest BCUT2D eigenvalue weighted by Gasteiger charge is -2.08. The zero-order valence-corrected chi connectivity index (χ0v) is 43.9. The number of rotatable bonds is 17. The number of benzene rings is 1. The van der Waals surface area contributed by atoms with Crippen LogP contribution in [0, 0.1) is 46.5 Å². The summed E-state index contributed by atoms with van der Waals surface area (Å²) in [6, 6.07) is 16.4. The number of carbonyl (C=O) groups is 2. The molecule has 0 radical (unpaired) electrons. The molecule has 7 heterocycles. The first kappa shape index (κ1) is 55.5. The van der Waals surface area contributed by atoms with E-state index in [1.165, 1.54) is 15.9 Å². The number of halogens is 4. The summed E-state index contributed by atoms with van der Waals surface area (Å²) >= 11 is 1.42. The van der Waals surface area contributed by atoms with E-state index in [1.807, 2.05) is 97.2 Å². The van der Waals surface area contributed by atoms with Gasteiger partial charge in [-0.25, -0.2) is 9.51 Å². The number of aliphatic imine (C=N–C) groups is 2. The van der Waals surface area contributed by atoms with Gasteiger partial charge in [0.15, 0.2) is 5.78 Å². The fourth-order valence-electron chi connectivity index (χ4n) is 8.01. The Balaban J connectivity index is 0.000000187.